The van der Waals surface area contributed by atoms with Gasteiger partial charge in [-0.15, -0.1) is 0 Å². The van der Waals surface area contributed by atoms with E-state index in [0.717, 1.165) is 70.4 Å². The molecule has 0 saturated heterocycles. The minimum atomic E-state index is -0.266. The highest BCUT2D eigenvalue weighted by Gasteiger charge is 2.23. The molecule has 0 saturated carbocycles. The van der Waals surface area contributed by atoms with Gasteiger partial charge in [0.15, 0.2) is 11.5 Å². The summed E-state index contributed by atoms with van der Waals surface area (Å²) in [5, 5.41) is 0. The zero-order chi connectivity index (χ0) is 28.9. The van der Waals surface area contributed by atoms with Crippen LogP contribution < -0.4 is 9.47 Å². The van der Waals surface area contributed by atoms with Crippen molar-refractivity contribution in [3.05, 3.63) is 124 Å². The molecule has 4 aromatic carbocycles. The molecular weight excluding hydrogens is 593 g/mol. The fourth-order valence-electron chi connectivity index (χ4n) is 5.41. The highest BCUT2D eigenvalue weighted by atomic mass is 79.9. The largest absolute Gasteiger partial charge is 0.454 e. The maximum absolute atomic E-state index is 14.1. The number of rotatable bonds is 11. The fourth-order valence-corrected chi connectivity index (χ4v) is 5.84. The second kappa shape index (κ2) is 12.9. The van der Waals surface area contributed by atoms with Crippen LogP contribution in [-0.2, 0) is 26.2 Å². The molecule has 0 radical (unpaired) electrons. The van der Waals surface area contributed by atoms with Crippen LogP contribution >= 0.6 is 15.9 Å². The topological polar surface area (TPSA) is 39.5 Å². The second-order valence-electron chi connectivity index (χ2n) is 10.5. The summed E-state index contributed by atoms with van der Waals surface area (Å²) in [6.45, 7) is 5.27. The number of hydrogen-bond donors (Lipinski definition) is 0. The van der Waals surface area contributed by atoms with E-state index in [1.165, 1.54) is 6.07 Å². The van der Waals surface area contributed by atoms with Crippen molar-refractivity contribution < 1.29 is 13.9 Å². The number of benzene rings is 4. The van der Waals surface area contributed by atoms with Crippen molar-refractivity contribution in [3.63, 3.8) is 0 Å². The van der Waals surface area contributed by atoms with Gasteiger partial charge in [0, 0.05) is 37.3 Å². The van der Waals surface area contributed by atoms with E-state index in [4.69, 9.17) is 14.5 Å². The second-order valence-corrected chi connectivity index (χ2v) is 11.4. The molecular formula is C35H33BrFN3O2. The van der Waals surface area contributed by atoms with Gasteiger partial charge in [0.1, 0.15) is 11.6 Å². The van der Waals surface area contributed by atoms with Gasteiger partial charge in [0.2, 0.25) is 6.79 Å². The Kier molecular flexibility index (Phi) is 8.68. The quantitative estimate of drug-likeness (QED) is 0.147. The molecule has 1 aliphatic heterocycles. The first-order chi connectivity index (χ1) is 20.6. The van der Waals surface area contributed by atoms with E-state index in [0.29, 0.717) is 24.1 Å². The standard InChI is InChI=1S/C35H33BrFN3O2/c1-2-3-18-40-31(34(27-10-6-4-7-11-27)38-35(40)28-12-8-5-9-13-28)23-39(21-25-14-16-30(37)29(36)19-25)22-26-15-17-32-33(20-26)42-24-41-32/h4-17,19-20H,2-3,18,21-24H2,1H3. The molecule has 0 atom stereocenters. The monoisotopic (exact) mass is 625 g/mol. The van der Waals surface area contributed by atoms with Crippen LogP contribution in [0.5, 0.6) is 11.5 Å². The maximum atomic E-state index is 14.1. The van der Waals surface area contributed by atoms with Gasteiger partial charge in [0.25, 0.3) is 0 Å². The number of fused-ring (bicyclic) bond motifs is 1. The number of imidazole rings is 1. The molecule has 6 rings (SSSR count). The molecule has 0 bridgehead atoms. The molecule has 0 N–H and O–H groups in total. The SMILES string of the molecule is CCCCn1c(-c2ccccc2)nc(-c2ccccc2)c1CN(Cc1ccc(F)c(Br)c1)Cc1ccc2c(c1)OCO2. The summed E-state index contributed by atoms with van der Waals surface area (Å²) in [7, 11) is 0. The highest BCUT2D eigenvalue weighted by Crippen LogP contribution is 2.35. The Balaban J connectivity index is 1.44. The Morgan fingerprint density at radius 2 is 1.48 bits per heavy atom. The Morgan fingerprint density at radius 1 is 0.810 bits per heavy atom. The lowest BCUT2D eigenvalue weighted by Crippen LogP contribution is -2.24. The summed E-state index contributed by atoms with van der Waals surface area (Å²) < 4.78 is 28.2. The molecule has 0 unspecified atom stereocenters. The zero-order valence-corrected chi connectivity index (χ0v) is 25.2. The first kappa shape index (κ1) is 28.2. The third-order valence-corrected chi connectivity index (χ3v) is 8.10. The lowest BCUT2D eigenvalue weighted by molar-refractivity contribution is 0.174. The molecule has 1 aliphatic rings. The maximum Gasteiger partial charge on any atom is 0.231 e. The van der Waals surface area contributed by atoms with E-state index >= 15 is 0 Å². The van der Waals surface area contributed by atoms with Gasteiger partial charge in [-0.05, 0) is 57.7 Å². The Bertz CT molecular complexity index is 1660. The molecule has 0 aliphatic carbocycles. The highest BCUT2D eigenvalue weighted by molar-refractivity contribution is 9.10. The third kappa shape index (κ3) is 6.27. The Morgan fingerprint density at radius 3 is 2.19 bits per heavy atom. The van der Waals surface area contributed by atoms with Crippen molar-refractivity contribution in [2.24, 2.45) is 0 Å². The summed E-state index contributed by atoms with van der Waals surface area (Å²) >= 11 is 3.38. The van der Waals surface area contributed by atoms with E-state index in [-0.39, 0.29) is 12.6 Å². The van der Waals surface area contributed by atoms with E-state index in [2.05, 4.69) is 93.0 Å². The van der Waals surface area contributed by atoms with Gasteiger partial charge in [0.05, 0.1) is 15.9 Å². The van der Waals surface area contributed by atoms with Crippen molar-refractivity contribution in [2.75, 3.05) is 6.79 Å². The van der Waals surface area contributed by atoms with Crippen molar-refractivity contribution in [2.45, 2.75) is 45.9 Å². The smallest absolute Gasteiger partial charge is 0.231 e. The fraction of sp³-hybridized carbons (Fsp3) is 0.229. The predicted octanol–water partition coefficient (Wildman–Crippen LogP) is 8.85. The minimum Gasteiger partial charge on any atom is -0.454 e. The molecule has 214 valence electrons. The van der Waals surface area contributed by atoms with Crippen molar-refractivity contribution >= 4 is 15.9 Å². The molecule has 0 fully saturated rings. The summed E-state index contributed by atoms with van der Waals surface area (Å²) in [6, 6.07) is 32.2. The summed E-state index contributed by atoms with van der Waals surface area (Å²) in [4.78, 5) is 7.67. The molecule has 5 aromatic rings. The molecule has 2 heterocycles. The number of ether oxygens (including phenoxy) is 2. The van der Waals surface area contributed by atoms with Crippen LogP contribution in [0.3, 0.4) is 0 Å². The van der Waals surface area contributed by atoms with E-state index in [1.54, 1.807) is 0 Å². The van der Waals surface area contributed by atoms with Crippen molar-refractivity contribution in [3.8, 4) is 34.1 Å². The van der Waals surface area contributed by atoms with Crippen LogP contribution in [0.25, 0.3) is 22.6 Å². The average molecular weight is 627 g/mol. The summed E-state index contributed by atoms with van der Waals surface area (Å²) in [6.07, 6.45) is 2.13. The molecule has 0 amide bonds. The first-order valence-electron chi connectivity index (χ1n) is 14.3. The molecule has 42 heavy (non-hydrogen) atoms. The lowest BCUT2D eigenvalue weighted by atomic mass is 10.1. The van der Waals surface area contributed by atoms with Crippen LogP contribution in [0.1, 0.15) is 36.6 Å². The van der Waals surface area contributed by atoms with Crippen LogP contribution in [0.2, 0.25) is 0 Å². The van der Waals surface area contributed by atoms with Gasteiger partial charge < -0.3 is 14.0 Å². The van der Waals surface area contributed by atoms with Gasteiger partial charge in [-0.1, -0.05) is 86.1 Å². The van der Waals surface area contributed by atoms with Crippen LogP contribution in [-0.4, -0.2) is 21.2 Å². The Hall–Kier alpha value is -3.94. The molecule has 7 heteroatoms. The number of aromatic nitrogens is 2. The van der Waals surface area contributed by atoms with E-state index in [9.17, 15) is 4.39 Å². The normalized spacial score (nSPS) is 12.3. The van der Waals surface area contributed by atoms with Crippen LogP contribution in [0.4, 0.5) is 4.39 Å². The van der Waals surface area contributed by atoms with Crippen LogP contribution in [0.15, 0.2) is 102 Å². The van der Waals surface area contributed by atoms with E-state index in [1.807, 2.05) is 30.3 Å². The van der Waals surface area contributed by atoms with Crippen molar-refractivity contribution in [1.82, 2.24) is 14.5 Å². The third-order valence-electron chi connectivity index (χ3n) is 7.49. The lowest BCUT2D eigenvalue weighted by Gasteiger charge is -2.25. The number of unbranched alkanes of at least 4 members (excludes halogenated alkanes) is 1. The number of nitrogens with zero attached hydrogens (tertiary/aromatic N) is 3. The average Bonchev–Trinajstić information content (AvgIpc) is 3.63. The van der Waals surface area contributed by atoms with Gasteiger partial charge in [-0.3, -0.25) is 4.90 Å². The predicted molar refractivity (Wildman–Crippen MR) is 168 cm³/mol. The zero-order valence-electron chi connectivity index (χ0n) is 23.6. The molecule has 5 nitrogen and oxygen atoms in total. The molecule has 1 aromatic heterocycles. The van der Waals surface area contributed by atoms with E-state index < -0.39 is 0 Å². The number of halogens is 2. The van der Waals surface area contributed by atoms with Gasteiger partial charge in [-0.25, -0.2) is 9.37 Å². The molecule has 0 spiro atoms. The van der Waals surface area contributed by atoms with Crippen LogP contribution in [0, 0.1) is 5.82 Å². The van der Waals surface area contributed by atoms with Gasteiger partial charge >= 0.3 is 0 Å². The first-order valence-corrected chi connectivity index (χ1v) is 15.1. The number of hydrogen-bond acceptors (Lipinski definition) is 4. The Labute approximate surface area is 254 Å². The van der Waals surface area contributed by atoms with Crippen molar-refractivity contribution in [1.29, 1.82) is 0 Å². The summed E-state index contributed by atoms with van der Waals surface area (Å²) in [5.74, 6) is 2.24. The van der Waals surface area contributed by atoms with Gasteiger partial charge in [-0.2, -0.15) is 0 Å². The summed E-state index contributed by atoms with van der Waals surface area (Å²) in [5.41, 5.74) is 6.48. The minimum absolute atomic E-state index is 0.241.